The number of aliphatic carboxylic acids is 1. The number of carboxylic acids is 1. The lowest BCUT2D eigenvalue weighted by atomic mass is 9.97. The third-order valence-electron chi connectivity index (χ3n) is 5.65. The summed E-state index contributed by atoms with van der Waals surface area (Å²) in [5.74, 6) is -2.56. The molecule has 7 nitrogen and oxygen atoms in total. The fourth-order valence-electron chi connectivity index (χ4n) is 3.68. The van der Waals surface area contributed by atoms with Gasteiger partial charge in [-0.05, 0) is 49.7 Å². The van der Waals surface area contributed by atoms with E-state index in [4.69, 9.17) is 9.90 Å². The van der Waals surface area contributed by atoms with Gasteiger partial charge in [-0.15, -0.1) is 0 Å². The number of carbonyl (C=O) groups excluding carboxylic acids is 2. The highest BCUT2D eigenvalue weighted by molar-refractivity contribution is 5.98. The van der Waals surface area contributed by atoms with Crippen LogP contribution in [0, 0.1) is 0 Å². The normalized spacial score (nSPS) is 16.9. The first kappa shape index (κ1) is 25.8. The van der Waals surface area contributed by atoms with E-state index in [9.17, 15) is 22.8 Å². The number of alkyl halides is 3. The number of piperazine rings is 1. The molecule has 0 atom stereocenters. The fourth-order valence-corrected chi connectivity index (χ4v) is 3.68. The number of hydrogen-bond acceptors (Lipinski definition) is 5. The van der Waals surface area contributed by atoms with Crippen LogP contribution in [0.4, 0.5) is 13.2 Å². The Balaban J connectivity index is 0.000000451. The summed E-state index contributed by atoms with van der Waals surface area (Å²) in [4.78, 5) is 38.0. The molecule has 0 bridgehead atoms. The summed E-state index contributed by atoms with van der Waals surface area (Å²) in [6.45, 7) is 8.59. The maximum atomic E-state index is 12.5. The minimum atomic E-state index is -5.08. The summed E-state index contributed by atoms with van der Waals surface area (Å²) in [6, 6.07) is 6.05. The van der Waals surface area contributed by atoms with Crippen LogP contribution in [0.3, 0.4) is 0 Å². The Morgan fingerprint density at radius 2 is 1.59 bits per heavy atom. The molecule has 0 radical (unpaired) electrons. The fraction of sp³-hybridized carbons (Fsp3) is 0.591. The predicted octanol–water partition coefficient (Wildman–Crippen LogP) is 2.14. The molecular weight excluding hydrogens is 427 g/mol. The van der Waals surface area contributed by atoms with E-state index in [0.717, 1.165) is 64.2 Å². The first-order valence-electron chi connectivity index (χ1n) is 10.8. The zero-order valence-electron chi connectivity index (χ0n) is 18.2. The van der Waals surface area contributed by atoms with Crippen LogP contribution in [0.5, 0.6) is 0 Å². The molecule has 2 aliphatic rings. The number of benzene rings is 1. The van der Waals surface area contributed by atoms with Gasteiger partial charge in [0.25, 0.3) is 0 Å². The molecule has 178 valence electrons. The number of fused-ring (bicyclic) bond motifs is 1. The van der Waals surface area contributed by atoms with Gasteiger partial charge < -0.3 is 20.2 Å². The average molecular weight is 457 g/mol. The van der Waals surface area contributed by atoms with Crippen molar-refractivity contribution in [3.8, 4) is 0 Å². The molecule has 10 heteroatoms. The molecule has 32 heavy (non-hydrogen) atoms. The number of nitrogens with one attached hydrogen (secondary N) is 1. The summed E-state index contributed by atoms with van der Waals surface area (Å²) in [6.07, 6.45) is -2.46. The highest BCUT2D eigenvalue weighted by Crippen LogP contribution is 2.17. The van der Waals surface area contributed by atoms with Gasteiger partial charge in [-0.1, -0.05) is 19.1 Å². The molecule has 2 aliphatic heterocycles. The van der Waals surface area contributed by atoms with Crippen LogP contribution >= 0.6 is 0 Å². The van der Waals surface area contributed by atoms with Gasteiger partial charge in [0.1, 0.15) is 0 Å². The molecule has 0 spiro atoms. The molecule has 0 aliphatic carbocycles. The van der Waals surface area contributed by atoms with E-state index in [0.29, 0.717) is 12.8 Å². The Morgan fingerprint density at radius 3 is 2.16 bits per heavy atom. The average Bonchev–Trinajstić information content (AvgIpc) is 3.02. The van der Waals surface area contributed by atoms with Crippen molar-refractivity contribution in [3.05, 3.63) is 34.9 Å². The highest BCUT2D eigenvalue weighted by Gasteiger charge is 2.38. The largest absolute Gasteiger partial charge is 0.490 e. The van der Waals surface area contributed by atoms with Crippen LogP contribution in [-0.2, 0) is 22.4 Å². The van der Waals surface area contributed by atoms with Gasteiger partial charge in [-0.25, -0.2) is 4.79 Å². The topological polar surface area (TPSA) is 90.0 Å². The van der Waals surface area contributed by atoms with E-state index in [1.54, 1.807) is 0 Å². The highest BCUT2D eigenvalue weighted by atomic mass is 19.4. The number of carboxylic acid groups (broad SMARTS) is 1. The molecule has 1 aromatic rings. The maximum Gasteiger partial charge on any atom is 0.490 e. The van der Waals surface area contributed by atoms with Crippen molar-refractivity contribution >= 4 is 17.7 Å². The summed E-state index contributed by atoms with van der Waals surface area (Å²) in [5.41, 5.74) is 3.37. The van der Waals surface area contributed by atoms with Gasteiger partial charge in [0.05, 0.1) is 0 Å². The second kappa shape index (κ2) is 12.0. The van der Waals surface area contributed by atoms with Gasteiger partial charge in [-0.3, -0.25) is 9.59 Å². The zero-order chi connectivity index (χ0) is 23.7. The van der Waals surface area contributed by atoms with E-state index in [2.05, 4.69) is 23.2 Å². The Hall–Kier alpha value is -2.46. The molecule has 1 fully saturated rings. The number of nitrogens with zero attached hydrogens (tertiary/aromatic N) is 2. The van der Waals surface area contributed by atoms with Crippen molar-refractivity contribution in [2.45, 2.75) is 38.8 Å². The molecule has 0 aromatic heterocycles. The molecule has 1 amide bonds. The number of halogens is 3. The zero-order valence-corrected chi connectivity index (χ0v) is 18.2. The SMILES string of the molecule is CCN1CCN(C(=O)CCC(=O)c2ccc3c(c2)CCNCC3)CC1.O=C(O)C(F)(F)F. The number of carbonyl (C=O) groups is 3. The summed E-state index contributed by atoms with van der Waals surface area (Å²) >= 11 is 0. The Bertz CT molecular complexity index is 806. The number of hydrogen-bond donors (Lipinski definition) is 2. The molecule has 1 saturated heterocycles. The molecular formula is C22H30F3N3O4. The standard InChI is InChI=1S/C20H29N3O2.C2HF3O2/c1-2-22-11-13-23(14-12-22)20(25)6-5-19(24)18-4-3-16-7-9-21-10-8-17(16)15-18;3-2(4,5)1(6)7/h3-4,15,21H,2,5-14H2,1H3;(H,6,7). The van der Waals surface area contributed by atoms with Gasteiger partial charge in [-0.2, -0.15) is 13.2 Å². The summed E-state index contributed by atoms with van der Waals surface area (Å²) in [7, 11) is 0. The quantitative estimate of drug-likeness (QED) is 0.659. The predicted molar refractivity (Wildman–Crippen MR) is 113 cm³/mol. The van der Waals surface area contributed by atoms with Crippen LogP contribution in [0.25, 0.3) is 0 Å². The van der Waals surface area contributed by atoms with E-state index >= 15 is 0 Å². The first-order chi connectivity index (χ1) is 15.1. The minimum Gasteiger partial charge on any atom is -0.475 e. The lowest BCUT2D eigenvalue weighted by molar-refractivity contribution is -0.192. The van der Waals surface area contributed by atoms with Crippen LogP contribution in [0.2, 0.25) is 0 Å². The van der Waals surface area contributed by atoms with Crippen molar-refractivity contribution in [1.82, 2.24) is 15.1 Å². The van der Waals surface area contributed by atoms with Crippen molar-refractivity contribution < 1.29 is 32.7 Å². The van der Waals surface area contributed by atoms with E-state index < -0.39 is 12.1 Å². The van der Waals surface area contributed by atoms with E-state index in [1.165, 1.54) is 11.1 Å². The maximum absolute atomic E-state index is 12.5. The lowest BCUT2D eigenvalue weighted by Gasteiger charge is -2.34. The Morgan fingerprint density at radius 1 is 1.00 bits per heavy atom. The van der Waals surface area contributed by atoms with Gasteiger partial charge in [0, 0.05) is 44.6 Å². The smallest absolute Gasteiger partial charge is 0.475 e. The Kier molecular flexibility index (Phi) is 9.64. The lowest BCUT2D eigenvalue weighted by Crippen LogP contribution is -2.48. The van der Waals surface area contributed by atoms with Crippen molar-refractivity contribution in [2.75, 3.05) is 45.8 Å². The summed E-state index contributed by atoms with van der Waals surface area (Å²) in [5, 5.41) is 10.5. The third-order valence-corrected chi connectivity index (χ3v) is 5.65. The number of Topliss-reactive ketones (excluding diaryl/α,β-unsaturated/α-hetero) is 1. The van der Waals surface area contributed by atoms with Crippen molar-refractivity contribution in [3.63, 3.8) is 0 Å². The van der Waals surface area contributed by atoms with Crippen molar-refractivity contribution in [2.24, 2.45) is 0 Å². The number of rotatable bonds is 5. The molecule has 0 unspecified atom stereocenters. The molecule has 3 rings (SSSR count). The molecule has 0 saturated carbocycles. The van der Waals surface area contributed by atoms with Gasteiger partial charge >= 0.3 is 12.1 Å². The van der Waals surface area contributed by atoms with Crippen LogP contribution < -0.4 is 5.32 Å². The van der Waals surface area contributed by atoms with E-state index in [-0.39, 0.29) is 11.7 Å². The number of amides is 1. The first-order valence-corrected chi connectivity index (χ1v) is 10.8. The Labute approximate surface area is 185 Å². The molecule has 2 heterocycles. The number of likely N-dealkylation sites (N-methyl/N-ethyl adjacent to an activating group) is 1. The molecule has 2 N–H and O–H groups in total. The minimum absolute atomic E-state index is 0.0838. The third kappa shape index (κ3) is 7.90. The second-order valence-electron chi connectivity index (χ2n) is 7.77. The monoisotopic (exact) mass is 457 g/mol. The number of ketones is 1. The van der Waals surface area contributed by atoms with Gasteiger partial charge in [0.2, 0.25) is 5.91 Å². The van der Waals surface area contributed by atoms with Crippen LogP contribution in [-0.4, -0.2) is 84.6 Å². The molecule has 1 aromatic carbocycles. The summed E-state index contributed by atoms with van der Waals surface area (Å²) < 4.78 is 31.7. The van der Waals surface area contributed by atoms with Crippen LogP contribution in [0.15, 0.2) is 18.2 Å². The second-order valence-corrected chi connectivity index (χ2v) is 7.77. The van der Waals surface area contributed by atoms with Crippen molar-refractivity contribution in [1.29, 1.82) is 0 Å². The van der Waals surface area contributed by atoms with Gasteiger partial charge in [0.15, 0.2) is 5.78 Å². The van der Waals surface area contributed by atoms with E-state index in [1.807, 2.05) is 17.0 Å². The van der Waals surface area contributed by atoms with Crippen LogP contribution in [0.1, 0.15) is 41.3 Å².